The number of nitrogens with zero attached hydrogens (tertiary/aromatic N) is 2. The van der Waals surface area contributed by atoms with Crippen molar-refractivity contribution in [2.75, 3.05) is 11.4 Å². The van der Waals surface area contributed by atoms with Gasteiger partial charge in [-0.15, -0.1) is 0 Å². The van der Waals surface area contributed by atoms with Gasteiger partial charge in [0.15, 0.2) is 0 Å². The predicted molar refractivity (Wildman–Crippen MR) is 138 cm³/mol. The molecule has 0 spiro atoms. The number of amides is 2. The second-order valence-electron chi connectivity index (χ2n) is 7.67. The molecule has 1 heterocycles. The minimum absolute atomic E-state index is 0.0832. The van der Waals surface area contributed by atoms with Crippen molar-refractivity contribution in [1.82, 2.24) is 5.43 Å². The molecule has 1 saturated heterocycles. The summed E-state index contributed by atoms with van der Waals surface area (Å²) in [5.74, 6) is -0.184. The summed E-state index contributed by atoms with van der Waals surface area (Å²) in [5, 5.41) is 5.13. The van der Waals surface area contributed by atoms with Gasteiger partial charge in [0, 0.05) is 38.7 Å². The number of rotatable bonds is 7. The lowest BCUT2D eigenvalue weighted by atomic mass is 10.1. The zero-order chi connectivity index (χ0) is 24.1. The molecule has 9 heteroatoms. The Morgan fingerprint density at radius 3 is 2.44 bits per heavy atom. The van der Waals surface area contributed by atoms with Crippen LogP contribution >= 0.6 is 39.1 Å². The quantitative estimate of drug-likeness (QED) is 0.291. The molecular weight excluding hydrogens is 541 g/mol. The molecule has 34 heavy (non-hydrogen) atoms. The Hall–Kier alpha value is -2.87. The Morgan fingerprint density at radius 1 is 1.09 bits per heavy atom. The van der Waals surface area contributed by atoms with Crippen molar-refractivity contribution in [1.29, 1.82) is 0 Å². The van der Waals surface area contributed by atoms with E-state index < -0.39 is 5.92 Å². The molecule has 1 atom stereocenters. The molecule has 1 fully saturated rings. The van der Waals surface area contributed by atoms with E-state index in [2.05, 4.69) is 26.5 Å². The topological polar surface area (TPSA) is 71.0 Å². The van der Waals surface area contributed by atoms with Gasteiger partial charge in [-0.25, -0.2) is 5.43 Å². The van der Waals surface area contributed by atoms with Crippen LogP contribution in [0.5, 0.6) is 5.75 Å². The summed E-state index contributed by atoms with van der Waals surface area (Å²) < 4.78 is 6.69. The second kappa shape index (κ2) is 11.0. The maximum atomic E-state index is 12.5. The molecule has 0 bridgehead atoms. The number of anilines is 1. The smallest absolute Gasteiger partial charge is 0.245 e. The van der Waals surface area contributed by atoms with Crippen molar-refractivity contribution in [3.05, 3.63) is 92.4 Å². The zero-order valence-electron chi connectivity index (χ0n) is 17.9. The minimum Gasteiger partial charge on any atom is -0.489 e. The van der Waals surface area contributed by atoms with Crippen molar-refractivity contribution in [3.63, 3.8) is 0 Å². The Balaban J connectivity index is 1.28. The molecule has 3 aromatic rings. The zero-order valence-corrected chi connectivity index (χ0v) is 21.0. The van der Waals surface area contributed by atoms with Gasteiger partial charge >= 0.3 is 0 Å². The summed E-state index contributed by atoms with van der Waals surface area (Å²) in [4.78, 5) is 26.5. The van der Waals surface area contributed by atoms with Crippen molar-refractivity contribution in [3.8, 4) is 5.75 Å². The van der Waals surface area contributed by atoms with E-state index in [9.17, 15) is 9.59 Å². The van der Waals surface area contributed by atoms with Crippen molar-refractivity contribution in [2.45, 2.75) is 13.0 Å². The number of hydrogen-bond acceptors (Lipinski definition) is 4. The van der Waals surface area contributed by atoms with Crippen LogP contribution in [-0.4, -0.2) is 24.6 Å². The van der Waals surface area contributed by atoms with E-state index in [0.717, 1.165) is 21.3 Å². The van der Waals surface area contributed by atoms with Gasteiger partial charge < -0.3 is 9.64 Å². The van der Waals surface area contributed by atoms with E-state index in [0.29, 0.717) is 22.3 Å². The first-order valence-corrected chi connectivity index (χ1v) is 12.0. The van der Waals surface area contributed by atoms with Crippen LogP contribution in [0, 0.1) is 5.92 Å². The number of carbonyl (C=O) groups is 2. The molecule has 1 aliphatic rings. The monoisotopic (exact) mass is 559 g/mol. The first kappa shape index (κ1) is 24.3. The highest BCUT2D eigenvalue weighted by atomic mass is 79.9. The highest BCUT2D eigenvalue weighted by Gasteiger charge is 2.35. The molecule has 0 aliphatic carbocycles. The maximum absolute atomic E-state index is 12.5. The van der Waals surface area contributed by atoms with Gasteiger partial charge in [-0.3, -0.25) is 9.59 Å². The lowest BCUT2D eigenvalue weighted by Crippen LogP contribution is -2.30. The Kier molecular flexibility index (Phi) is 7.88. The fourth-order valence-corrected chi connectivity index (χ4v) is 4.26. The highest BCUT2D eigenvalue weighted by molar-refractivity contribution is 9.10. The van der Waals surface area contributed by atoms with Crippen LogP contribution in [0.2, 0.25) is 10.0 Å². The molecule has 6 nitrogen and oxygen atoms in total. The van der Waals surface area contributed by atoms with Crippen molar-refractivity contribution < 1.29 is 14.3 Å². The maximum Gasteiger partial charge on any atom is 0.245 e. The normalized spacial score (nSPS) is 15.7. The Bertz CT molecular complexity index is 1200. The van der Waals surface area contributed by atoms with E-state index in [1.165, 1.54) is 6.21 Å². The summed E-state index contributed by atoms with van der Waals surface area (Å²) in [7, 11) is 0. The van der Waals surface area contributed by atoms with Crippen LogP contribution in [0.1, 0.15) is 17.5 Å². The van der Waals surface area contributed by atoms with Gasteiger partial charge in [-0.2, -0.15) is 5.10 Å². The van der Waals surface area contributed by atoms with Crippen LogP contribution in [0.3, 0.4) is 0 Å². The van der Waals surface area contributed by atoms with Gasteiger partial charge in [-0.05, 0) is 66.2 Å². The first-order valence-electron chi connectivity index (χ1n) is 10.5. The van der Waals surface area contributed by atoms with Crippen molar-refractivity contribution in [2.24, 2.45) is 11.0 Å². The lowest BCUT2D eigenvalue weighted by molar-refractivity contribution is -0.126. The molecule has 3 aromatic carbocycles. The van der Waals surface area contributed by atoms with Crippen LogP contribution in [0.15, 0.2) is 76.3 Å². The van der Waals surface area contributed by atoms with Crippen LogP contribution in [0.25, 0.3) is 0 Å². The SMILES string of the molecule is O=C(N/N=C\c1ccc(OCc2c(Cl)cccc2Cl)cc1)[C@H]1CC(=O)N(c2ccc(Br)cc2)C1. The van der Waals surface area contributed by atoms with E-state index in [1.54, 1.807) is 35.2 Å². The summed E-state index contributed by atoms with van der Waals surface area (Å²) >= 11 is 15.7. The number of hydrogen-bond donors (Lipinski definition) is 1. The molecule has 174 valence electrons. The average Bonchev–Trinajstić information content (AvgIpc) is 3.22. The fraction of sp³-hybridized carbons (Fsp3) is 0.160. The van der Waals surface area contributed by atoms with Crippen LogP contribution in [-0.2, 0) is 16.2 Å². The van der Waals surface area contributed by atoms with Crippen LogP contribution in [0.4, 0.5) is 5.69 Å². The third kappa shape index (κ3) is 5.97. The minimum atomic E-state index is -0.458. The van der Waals surface area contributed by atoms with Crippen LogP contribution < -0.4 is 15.1 Å². The standard InChI is InChI=1S/C25H20BrCl2N3O3/c26-18-6-8-19(9-7-18)31-14-17(12-24(31)32)25(33)30-29-13-16-4-10-20(11-5-16)34-15-21-22(27)2-1-3-23(21)28/h1-11,13,17H,12,14-15H2,(H,30,33)/b29-13-/t17-/m0/s1. The number of nitrogens with one attached hydrogen (secondary N) is 1. The number of ether oxygens (including phenoxy) is 1. The predicted octanol–water partition coefficient (Wildman–Crippen LogP) is 5.84. The largest absolute Gasteiger partial charge is 0.489 e. The molecule has 1 aliphatic heterocycles. The first-order chi connectivity index (χ1) is 16.4. The molecule has 4 rings (SSSR count). The summed E-state index contributed by atoms with van der Waals surface area (Å²) in [6.07, 6.45) is 1.69. The number of benzene rings is 3. The third-order valence-electron chi connectivity index (χ3n) is 5.35. The number of hydrazone groups is 1. The molecule has 2 amide bonds. The summed E-state index contributed by atoms with van der Waals surface area (Å²) in [6.45, 7) is 0.572. The van der Waals surface area contributed by atoms with Gasteiger partial charge in [0.05, 0.1) is 12.1 Å². The van der Waals surface area contributed by atoms with Gasteiger partial charge in [0.2, 0.25) is 11.8 Å². The summed E-state index contributed by atoms with van der Waals surface area (Å²) in [5.41, 5.74) is 4.81. The Morgan fingerprint density at radius 2 is 1.76 bits per heavy atom. The number of halogens is 3. The van der Waals surface area contributed by atoms with E-state index >= 15 is 0 Å². The Labute approximate surface area is 215 Å². The summed E-state index contributed by atoms with van der Waals surface area (Å²) in [6, 6.07) is 19.9. The molecule has 0 saturated carbocycles. The van der Waals surface area contributed by atoms with Crippen molar-refractivity contribution >= 4 is 62.8 Å². The molecule has 0 aromatic heterocycles. The van der Waals surface area contributed by atoms with E-state index in [-0.39, 0.29) is 24.8 Å². The van der Waals surface area contributed by atoms with Gasteiger partial charge in [0.1, 0.15) is 12.4 Å². The second-order valence-corrected chi connectivity index (χ2v) is 9.40. The lowest BCUT2D eigenvalue weighted by Gasteiger charge is -2.16. The molecule has 1 N–H and O–H groups in total. The number of carbonyl (C=O) groups excluding carboxylic acids is 2. The highest BCUT2D eigenvalue weighted by Crippen LogP contribution is 2.27. The van der Waals surface area contributed by atoms with E-state index in [1.807, 2.05) is 36.4 Å². The molecule has 0 unspecified atom stereocenters. The fourth-order valence-electron chi connectivity index (χ4n) is 3.49. The molecular formula is C25H20BrCl2N3O3. The average molecular weight is 561 g/mol. The van der Waals surface area contributed by atoms with Gasteiger partial charge in [-0.1, -0.05) is 45.2 Å². The van der Waals surface area contributed by atoms with Gasteiger partial charge in [0.25, 0.3) is 0 Å². The molecule has 0 radical (unpaired) electrons. The van der Waals surface area contributed by atoms with E-state index in [4.69, 9.17) is 27.9 Å². The third-order valence-corrected chi connectivity index (χ3v) is 6.58.